The van der Waals surface area contributed by atoms with Gasteiger partial charge < -0.3 is 4.57 Å². The normalized spacial score (nSPS) is 11.7. The summed E-state index contributed by atoms with van der Waals surface area (Å²) in [6.45, 7) is 8.06. The smallest absolute Gasteiger partial charge is 0.273 e. The maximum Gasteiger partial charge on any atom is 0.273 e. The lowest BCUT2D eigenvalue weighted by Gasteiger charge is -2.13. The van der Waals surface area contributed by atoms with Gasteiger partial charge in [0.2, 0.25) is 0 Å². The van der Waals surface area contributed by atoms with Gasteiger partial charge in [0.05, 0.1) is 10.4 Å². The number of nitrogens with zero attached hydrogens (tertiary/aromatic N) is 2. The van der Waals surface area contributed by atoms with Gasteiger partial charge in [0.1, 0.15) is 0 Å². The summed E-state index contributed by atoms with van der Waals surface area (Å²) < 4.78 is 3.25. The summed E-state index contributed by atoms with van der Waals surface area (Å²) in [6.07, 6.45) is 0. The van der Waals surface area contributed by atoms with Gasteiger partial charge in [0, 0.05) is 38.4 Å². The maximum atomic E-state index is 11.4. The zero-order chi connectivity index (χ0) is 16.2. The molecule has 22 heavy (non-hydrogen) atoms. The number of rotatable bonds is 2. The number of nitro groups is 1. The van der Waals surface area contributed by atoms with Gasteiger partial charge in [0.15, 0.2) is 0 Å². The first-order valence-electron chi connectivity index (χ1n) is 7.20. The molecule has 0 saturated heterocycles. The van der Waals surface area contributed by atoms with Crippen LogP contribution in [0.2, 0.25) is 0 Å². The molecule has 114 valence electrons. The predicted molar refractivity (Wildman–Crippen MR) is 93.7 cm³/mol. The summed E-state index contributed by atoms with van der Waals surface area (Å²) in [7, 11) is 0. The molecule has 0 radical (unpaired) electrons. The Bertz CT molecular complexity index is 926. The Morgan fingerprint density at radius 3 is 2.50 bits per heavy atom. The van der Waals surface area contributed by atoms with Crippen molar-refractivity contribution in [2.24, 2.45) is 0 Å². The lowest BCUT2D eigenvalue weighted by Crippen LogP contribution is -2.02. The topological polar surface area (TPSA) is 48.1 Å². The number of hydrogen-bond donors (Lipinski definition) is 0. The number of benzene rings is 2. The molecule has 5 heteroatoms. The van der Waals surface area contributed by atoms with E-state index in [0.717, 1.165) is 37.4 Å². The highest BCUT2D eigenvalue weighted by Gasteiger charge is 2.22. The van der Waals surface area contributed by atoms with Gasteiger partial charge in [-0.2, -0.15) is 0 Å². The summed E-state index contributed by atoms with van der Waals surface area (Å²) >= 11 is 3.51. The third kappa shape index (κ3) is 2.03. The zero-order valence-electron chi connectivity index (χ0n) is 13.0. The number of nitro benzene ring substituents is 1. The fourth-order valence-corrected chi connectivity index (χ4v) is 3.65. The summed E-state index contributed by atoms with van der Waals surface area (Å²) in [5.41, 5.74) is 4.06. The first-order chi connectivity index (χ1) is 10.3. The highest BCUT2D eigenvalue weighted by molar-refractivity contribution is 9.10. The summed E-state index contributed by atoms with van der Waals surface area (Å²) in [5.74, 6) is 0. The Morgan fingerprint density at radius 1 is 1.23 bits per heavy atom. The van der Waals surface area contributed by atoms with Crippen LogP contribution in [0.4, 0.5) is 5.69 Å². The molecule has 2 aromatic carbocycles. The minimum absolute atomic E-state index is 0.188. The SMILES string of the molecule is Cc1c([N+](=O)[O-])cc(C)c2c1c1cc(Br)ccc1n2C(C)C. The molecule has 0 saturated carbocycles. The second-order valence-corrected chi connectivity index (χ2v) is 6.86. The van der Waals surface area contributed by atoms with Gasteiger partial charge in [-0.15, -0.1) is 0 Å². The fourth-order valence-electron chi connectivity index (χ4n) is 3.29. The monoisotopic (exact) mass is 360 g/mol. The van der Waals surface area contributed by atoms with E-state index < -0.39 is 0 Å². The summed E-state index contributed by atoms with van der Waals surface area (Å²) in [6, 6.07) is 8.10. The minimum atomic E-state index is -0.293. The van der Waals surface area contributed by atoms with E-state index in [-0.39, 0.29) is 16.7 Å². The van der Waals surface area contributed by atoms with Crippen LogP contribution in [0.3, 0.4) is 0 Å². The average molecular weight is 361 g/mol. The molecular formula is C17H17BrN2O2. The van der Waals surface area contributed by atoms with Gasteiger partial charge in [-0.25, -0.2) is 0 Å². The molecule has 0 unspecified atom stereocenters. The number of hydrogen-bond acceptors (Lipinski definition) is 2. The van der Waals surface area contributed by atoms with Crippen molar-refractivity contribution in [3.8, 4) is 0 Å². The molecule has 0 aliphatic carbocycles. The third-order valence-corrected chi connectivity index (χ3v) is 4.66. The van der Waals surface area contributed by atoms with Gasteiger partial charge in [-0.1, -0.05) is 15.9 Å². The molecule has 4 nitrogen and oxygen atoms in total. The van der Waals surface area contributed by atoms with Gasteiger partial charge in [0.25, 0.3) is 5.69 Å². The van der Waals surface area contributed by atoms with Crippen LogP contribution in [-0.2, 0) is 0 Å². The van der Waals surface area contributed by atoms with Crippen LogP contribution < -0.4 is 0 Å². The van der Waals surface area contributed by atoms with Crippen LogP contribution in [0, 0.1) is 24.0 Å². The molecule has 0 bridgehead atoms. The van der Waals surface area contributed by atoms with E-state index in [0.29, 0.717) is 0 Å². The fraction of sp³-hybridized carbons (Fsp3) is 0.294. The van der Waals surface area contributed by atoms with Crippen LogP contribution in [0.15, 0.2) is 28.7 Å². The summed E-state index contributed by atoms with van der Waals surface area (Å²) in [5, 5.41) is 13.4. The lowest BCUT2D eigenvalue weighted by molar-refractivity contribution is -0.385. The molecule has 0 atom stereocenters. The van der Waals surface area contributed by atoms with Crippen molar-refractivity contribution >= 4 is 43.4 Å². The van der Waals surface area contributed by atoms with Crippen LogP contribution in [0.25, 0.3) is 21.8 Å². The molecule has 0 amide bonds. The molecule has 0 N–H and O–H groups in total. The predicted octanol–water partition coefficient (Wildman–Crippen LogP) is 5.66. The molecular weight excluding hydrogens is 344 g/mol. The second kappa shape index (κ2) is 5.09. The van der Waals surface area contributed by atoms with E-state index in [9.17, 15) is 10.1 Å². The molecule has 1 heterocycles. The van der Waals surface area contributed by atoms with Crippen molar-refractivity contribution in [3.63, 3.8) is 0 Å². The van der Waals surface area contributed by atoms with E-state index >= 15 is 0 Å². The van der Waals surface area contributed by atoms with Crippen molar-refractivity contribution in [2.45, 2.75) is 33.7 Å². The number of fused-ring (bicyclic) bond motifs is 3. The average Bonchev–Trinajstić information content (AvgIpc) is 2.77. The minimum Gasteiger partial charge on any atom is -0.338 e. The van der Waals surface area contributed by atoms with E-state index in [2.05, 4.69) is 40.4 Å². The van der Waals surface area contributed by atoms with Crippen molar-refractivity contribution in [1.82, 2.24) is 4.57 Å². The van der Waals surface area contributed by atoms with Gasteiger partial charge in [-0.3, -0.25) is 10.1 Å². The largest absolute Gasteiger partial charge is 0.338 e. The molecule has 0 fully saturated rings. The van der Waals surface area contributed by atoms with E-state index in [1.165, 1.54) is 0 Å². The van der Waals surface area contributed by atoms with Crippen LogP contribution in [-0.4, -0.2) is 9.49 Å². The standard InChI is InChI=1S/C17H17BrN2O2/c1-9(2)19-14-6-5-12(18)8-13(14)16-11(4)15(20(21)22)7-10(3)17(16)19/h5-9H,1-4H3. The van der Waals surface area contributed by atoms with E-state index in [4.69, 9.17) is 0 Å². The molecule has 0 spiro atoms. The second-order valence-electron chi connectivity index (χ2n) is 5.94. The quantitative estimate of drug-likeness (QED) is 0.437. The van der Waals surface area contributed by atoms with Crippen LogP contribution in [0.1, 0.15) is 31.0 Å². The van der Waals surface area contributed by atoms with Crippen molar-refractivity contribution in [3.05, 3.63) is 50.0 Å². The maximum absolute atomic E-state index is 11.4. The Labute approximate surface area is 137 Å². The van der Waals surface area contributed by atoms with Crippen molar-refractivity contribution in [1.29, 1.82) is 0 Å². The van der Waals surface area contributed by atoms with Crippen molar-refractivity contribution < 1.29 is 4.92 Å². The molecule has 1 aromatic heterocycles. The molecule has 0 aliphatic heterocycles. The first-order valence-corrected chi connectivity index (χ1v) is 8.00. The third-order valence-electron chi connectivity index (χ3n) is 4.16. The Hall–Kier alpha value is -1.88. The molecule has 3 aromatic rings. The van der Waals surface area contributed by atoms with E-state index in [1.807, 2.05) is 26.0 Å². The van der Waals surface area contributed by atoms with Crippen LogP contribution in [0.5, 0.6) is 0 Å². The highest BCUT2D eigenvalue weighted by Crippen LogP contribution is 2.40. The first kappa shape index (κ1) is 15.0. The highest BCUT2D eigenvalue weighted by atomic mass is 79.9. The number of aryl methyl sites for hydroxylation is 2. The Kier molecular flexibility index (Phi) is 3.48. The lowest BCUT2D eigenvalue weighted by atomic mass is 10.0. The van der Waals surface area contributed by atoms with Crippen LogP contribution >= 0.6 is 15.9 Å². The van der Waals surface area contributed by atoms with Gasteiger partial charge in [-0.05, 0) is 51.5 Å². The summed E-state index contributed by atoms with van der Waals surface area (Å²) in [4.78, 5) is 11.1. The Morgan fingerprint density at radius 2 is 1.91 bits per heavy atom. The molecule has 0 aliphatic rings. The zero-order valence-corrected chi connectivity index (χ0v) is 14.6. The van der Waals surface area contributed by atoms with Crippen molar-refractivity contribution in [2.75, 3.05) is 0 Å². The number of aromatic nitrogens is 1. The van der Waals surface area contributed by atoms with Gasteiger partial charge >= 0.3 is 0 Å². The van der Waals surface area contributed by atoms with E-state index in [1.54, 1.807) is 6.07 Å². The number of halogens is 1. The molecule has 3 rings (SSSR count). The Balaban J connectivity index is 2.65.